The lowest BCUT2D eigenvalue weighted by Crippen LogP contribution is -2.67. The molecular weight excluding hydrogens is 649 g/mol. The number of amides is 1. The SMILES string of the molecule is COc1ccc(C(CNC2(c3ccccc3)c3ccccc3C(=O)N2Cc2ccco2)O[Si](c2ccccc2)(c2ccccc2)C(C)(C)C)cc1. The molecule has 0 bridgehead atoms. The van der Waals surface area contributed by atoms with E-state index >= 15 is 0 Å². The van der Waals surface area contributed by atoms with Crippen LogP contribution < -0.4 is 20.4 Å². The molecule has 1 aliphatic heterocycles. The molecule has 0 aliphatic carbocycles. The highest BCUT2D eigenvalue weighted by Gasteiger charge is 2.54. The minimum Gasteiger partial charge on any atom is -0.497 e. The Kier molecular flexibility index (Phi) is 9.53. The molecule has 6 nitrogen and oxygen atoms in total. The summed E-state index contributed by atoms with van der Waals surface area (Å²) in [6.07, 6.45) is 1.23. The molecule has 0 spiro atoms. The van der Waals surface area contributed by atoms with Gasteiger partial charge in [0.1, 0.15) is 17.2 Å². The first-order chi connectivity index (χ1) is 24.8. The molecule has 51 heavy (non-hydrogen) atoms. The third-order valence-electron chi connectivity index (χ3n) is 10.0. The Bertz CT molecular complexity index is 2010. The van der Waals surface area contributed by atoms with E-state index in [0.717, 1.165) is 22.4 Å². The van der Waals surface area contributed by atoms with Gasteiger partial charge in [0.25, 0.3) is 14.2 Å². The van der Waals surface area contributed by atoms with Gasteiger partial charge in [-0.15, -0.1) is 0 Å². The number of hydrogen-bond acceptors (Lipinski definition) is 5. The Balaban J connectivity index is 1.40. The minimum atomic E-state index is -3.02. The van der Waals surface area contributed by atoms with Crippen LogP contribution in [0.1, 0.15) is 59.7 Å². The van der Waals surface area contributed by atoms with Crippen LogP contribution in [0.4, 0.5) is 0 Å². The number of hydrogen-bond donors (Lipinski definition) is 1. The quantitative estimate of drug-likeness (QED) is 0.132. The van der Waals surface area contributed by atoms with E-state index in [1.807, 2.05) is 65.6 Å². The largest absolute Gasteiger partial charge is 0.497 e. The predicted octanol–water partition coefficient (Wildman–Crippen LogP) is 8.05. The van der Waals surface area contributed by atoms with Crippen LogP contribution >= 0.6 is 0 Å². The second-order valence-corrected chi connectivity index (χ2v) is 18.3. The maximum atomic E-state index is 14.4. The predicted molar refractivity (Wildman–Crippen MR) is 205 cm³/mol. The van der Waals surface area contributed by atoms with Gasteiger partial charge >= 0.3 is 0 Å². The summed E-state index contributed by atoms with van der Waals surface area (Å²) in [5, 5.41) is 6.13. The van der Waals surface area contributed by atoms with Crippen LogP contribution in [0.5, 0.6) is 5.75 Å². The second-order valence-electron chi connectivity index (χ2n) is 14.0. The number of nitrogens with one attached hydrogen (secondary N) is 1. The van der Waals surface area contributed by atoms with Gasteiger partial charge in [-0.05, 0) is 56.9 Å². The number of fused-ring (bicyclic) bond motifs is 1. The topological polar surface area (TPSA) is 63.9 Å². The normalized spacial score (nSPS) is 16.5. The van der Waals surface area contributed by atoms with Crippen molar-refractivity contribution in [3.05, 3.63) is 186 Å². The molecule has 1 aliphatic rings. The molecule has 0 saturated carbocycles. The Labute approximate surface area is 301 Å². The summed E-state index contributed by atoms with van der Waals surface area (Å²) in [7, 11) is -1.34. The lowest BCUT2D eigenvalue weighted by atomic mass is 9.90. The van der Waals surface area contributed by atoms with Crippen molar-refractivity contribution in [2.75, 3.05) is 13.7 Å². The highest BCUT2D eigenvalue weighted by Crippen LogP contribution is 2.45. The monoisotopic (exact) mass is 692 g/mol. The van der Waals surface area contributed by atoms with Crippen LogP contribution in [-0.2, 0) is 16.6 Å². The maximum absolute atomic E-state index is 14.4. The van der Waals surface area contributed by atoms with Gasteiger partial charge < -0.3 is 18.5 Å². The number of carbonyl (C=O) groups is 1. The van der Waals surface area contributed by atoms with E-state index in [4.69, 9.17) is 13.6 Å². The summed E-state index contributed by atoms with van der Waals surface area (Å²) in [5.41, 5.74) is 2.51. The fourth-order valence-electron chi connectivity index (χ4n) is 7.65. The van der Waals surface area contributed by atoms with Gasteiger partial charge in [-0.3, -0.25) is 10.1 Å². The van der Waals surface area contributed by atoms with E-state index in [9.17, 15) is 4.79 Å². The summed E-state index contributed by atoms with van der Waals surface area (Å²) >= 11 is 0. The standard InChI is InChI=1S/C44H44N2O4Si/c1-43(2,3)51(37-20-10-6-11-21-37,38-22-12-7-13-23-38)50-41(33-26-28-35(48-4)29-27-33)31-45-44(34-17-8-5-9-18-34)40-25-15-14-24-39(40)42(47)46(44)32-36-19-16-30-49-36/h5-30,41,45H,31-32H2,1-4H3. The summed E-state index contributed by atoms with van der Waals surface area (Å²) in [6, 6.07) is 51.4. The smallest absolute Gasteiger partial charge is 0.261 e. The van der Waals surface area contributed by atoms with Crippen LogP contribution in [-0.4, -0.2) is 32.8 Å². The molecule has 0 radical (unpaired) electrons. The van der Waals surface area contributed by atoms with Crippen molar-refractivity contribution in [3.63, 3.8) is 0 Å². The molecule has 258 valence electrons. The Hall–Kier alpha value is -5.21. The van der Waals surface area contributed by atoms with Crippen molar-refractivity contribution in [3.8, 4) is 5.75 Å². The second kappa shape index (κ2) is 14.2. The van der Waals surface area contributed by atoms with Crippen LogP contribution in [0.2, 0.25) is 5.04 Å². The first kappa shape index (κ1) is 34.2. The Morgan fingerprint density at radius 1 is 0.745 bits per heavy atom. The van der Waals surface area contributed by atoms with Gasteiger partial charge in [0, 0.05) is 17.7 Å². The van der Waals surface area contributed by atoms with Crippen molar-refractivity contribution >= 4 is 24.6 Å². The Morgan fingerprint density at radius 3 is 1.90 bits per heavy atom. The molecular formula is C44H44N2O4Si. The van der Waals surface area contributed by atoms with Gasteiger partial charge in [-0.2, -0.15) is 0 Å². The molecule has 0 fully saturated rings. The zero-order valence-electron chi connectivity index (χ0n) is 29.6. The van der Waals surface area contributed by atoms with Crippen LogP contribution in [0, 0.1) is 0 Å². The molecule has 1 aromatic heterocycles. The number of methoxy groups -OCH3 is 1. The number of ether oxygens (including phenoxy) is 1. The fourth-order valence-corrected chi connectivity index (χ4v) is 12.3. The molecule has 2 atom stereocenters. The summed E-state index contributed by atoms with van der Waals surface area (Å²) in [4.78, 5) is 16.3. The van der Waals surface area contributed by atoms with Crippen molar-refractivity contribution in [2.45, 2.75) is 44.1 Å². The summed E-state index contributed by atoms with van der Waals surface area (Å²) in [5.74, 6) is 1.41. The lowest BCUT2D eigenvalue weighted by Gasteiger charge is -2.46. The first-order valence-electron chi connectivity index (χ1n) is 17.4. The van der Waals surface area contributed by atoms with Gasteiger partial charge in [0.15, 0.2) is 0 Å². The van der Waals surface area contributed by atoms with E-state index in [1.165, 1.54) is 10.4 Å². The summed E-state index contributed by atoms with van der Waals surface area (Å²) in [6.45, 7) is 7.55. The van der Waals surface area contributed by atoms with E-state index < -0.39 is 20.1 Å². The van der Waals surface area contributed by atoms with E-state index in [-0.39, 0.29) is 17.5 Å². The van der Waals surface area contributed by atoms with Crippen molar-refractivity contribution in [2.24, 2.45) is 0 Å². The number of nitrogens with zero attached hydrogens (tertiary/aromatic N) is 1. The first-order valence-corrected chi connectivity index (χ1v) is 19.4. The summed E-state index contributed by atoms with van der Waals surface area (Å²) < 4.78 is 19.3. The third-order valence-corrected chi connectivity index (χ3v) is 15.1. The average molecular weight is 693 g/mol. The molecule has 6 aromatic rings. The third kappa shape index (κ3) is 6.22. The Morgan fingerprint density at radius 2 is 1.33 bits per heavy atom. The van der Waals surface area contributed by atoms with Crippen molar-refractivity contribution < 1.29 is 18.4 Å². The molecule has 7 rings (SSSR count). The molecule has 2 unspecified atom stereocenters. The van der Waals surface area contributed by atoms with Crippen LogP contribution in [0.15, 0.2) is 162 Å². The van der Waals surface area contributed by atoms with Crippen LogP contribution in [0.3, 0.4) is 0 Å². The maximum Gasteiger partial charge on any atom is 0.261 e. The van der Waals surface area contributed by atoms with Crippen molar-refractivity contribution in [1.82, 2.24) is 10.2 Å². The van der Waals surface area contributed by atoms with E-state index in [1.54, 1.807) is 13.4 Å². The zero-order valence-corrected chi connectivity index (χ0v) is 30.6. The molecule has 2 heterocycles. The van der Waals surface area contributed by atoms with E-state index in [0.29, 0.717) is 17.9 Å². The average Bonchev–Trinajstić information content (AvgIpc) is 3.77. The number of rotatable bonds is 12. The molecule has 0 saturated heterocycles. The highest BCUT2D eigenvalue weighted by atomic mass is 28.4. The zero-order chi connectivity index (χ0) is 35.5. The van der Waals surface area contributed by atoms with E-state index in [2.05, 4.69) is 117 Å². The number of benzene rings is 5. The molecule has 1 amide bonds. The van der Waals surface area contributed by atoms with Gasteiger partial charge in [0.05, 0.1) is 26.0 Å². The number of carbonyl (C=O) groups excluding carboxylic acids is 1. The molecule has 7 heteroatoms. The van der Waals surface area contributed by atoms with Gasteiger partial charge in [-0.1, -0.05) is 142 Å². The lowest BCUT2D eigenvalue weighted by molar-refractivity contribution is 0.0456. The molecule has 1 N–H and O–H groups in total. The number of furan rings is 1. The highest BCUT2D eigenvalue weighted by molar-refractivity contribution is 6.99. The minimum absolute atomic E-state index is 0.0627. The fraction of sp³-hybridized carbons (Fsp3) is 0.205. The van der Waals surface area contributed by atoms with Gasteiger partial charge in [-0.25, -0.2) is 0 Å². The van der Waals surface area contributed by atoms with Gasteiger partial charge in [0.2, 0.25) is 0 Å². The van der Waals surface area contributed by atoms with Crippen LogP contribution in [0.25, 0.3) is 0 Å². The van der Waals surface area contributed by atoms with Crippen molar-refractivity contribution in [1.29, 1.82) is 0 Å². The molecule has 5 aromatic carbocycles.